The van der Waals surface area contributed by atoms with Gasteiger partial charge in [-0.2, -0.15) is 0 Å². The zero-order chi connectivity index (χ0) is 12.8. The molecule has 0 saturated heterocycles. The fraction of sp³-hybridized carbons (Fsp3) is 0.273. The highest BCUT2D eigenvalue weighted by Gasteiger charge is 2.14. The topological polar surface area (TPSA) is 107 Å². The van der Waals surface area contributed by atoms with Crippen molar-refractivity contribution in [2.45, 2.75) is 12.5 Å². The van der Waals surface area contributed by atoms with Gasteiger partial charge in [0.05, 0.1) is 5.56 Å². The number of rotatable bonds is 5. The van der Waals surface area contributed by atoms with Gasteiger partial charge in [-0.05, 0) is 12.1 Å². The number of carboxylic acid groups (broad SMARTS) is 1. The standard InChI is InChI=1S/C11H13NO5/c13-8-4-2-1-3-7(8)10(15)12-6-5-9(14)11(16)17/h1-4,9,13-14H,5-6H2,(H,12,15)(H,16,17)/t9-/m0/s1. The number of amides is 1. The van der Waals surface area contributed by atoms with Crippen LogP contribution in [0.3, 0.4) is 0 Å². The van der Waals surface area contributed by atoms with Crippen molar-refractivity contribution in [3.05, 3.63) is 29.8 Å². The van der Waals surface area contributed by atoms with Crippen molar-refractivity contribution in [2.75, 3.05) is 6.54 Å². The first-order valence-electron chi connectivity index (χ1n) is 4.99. The molecule has 0 aromatic heterocycles. The summed E-state index contributed by atoms with van der Waals surface area (Å²) in [6.45, 7) is 0.0145. The zero-order valence-electron chi connectivity index (χ0n) is 8.96. The van der Waals surface area contributed by atoms with Crippen LogP contribution in [0.4, 0.5) is 0 Å². The molecule has 0 aliphatic heterocycles. The van der Waals surface area contributed by atoms with Crippen LogP contribution >= 0.6 is 0 Å². The molecule has 0 radical (unpaired) electrons. The molecule has 0 aliphatic carbocycles. The smallest absolute Gasteiger partial charge is 0.332 e. The Balaban J connectivity index is 2.46. The number of nitrogens with one attached hydrogen (secondary N) is 1. The minimum atomic E-state index is -1.50. The average molecular weight is 239 g/mol. The predicted molar refractivity (Wildman–Crippen MR) is 58.7 cm³/mol. The summed E-state index contributed by atoms with van der Waals surface area (Å²) < 4.78 is 0. The minimum absolute atomic E-state index is 0.0145. The molecule has 92 valence electrons. The predicted octanol–water partition coefficient (Wildman–Crippen LogP) is -0.0424. The minimum Gasteiger partial charge on any atom is -0.507 e. The summed E-state index contributed by atoms with van der Waals surface area (Å²) in [5.74, 6) is -1.99. The molecule has 1 atom stereocenters. The van der Waals surface area contributed by atoms with Crippen LogP contribution < -0.4 is 5.32 Å². The Labute approximate surface area is 97.5 Å². The van der Waals surface area contributed by atoms with Crippen molar-refractivity contribution >= 4 is 11.9 Å². The lowest BCUT2D eigenvalue weighted by Crippen LogP contribution is -2.30. The molecule has 0 bridgehead atoms. The Hall–Kier alpha value is -2.08. The average Bonchev–Trinajstić information content (AvgIpc) is 2.29. The van der Waals surface area contributed by atoms with E-state index < -0.39 is 18.0 Å². The number of hydrogen-bond donors (Lipinski definition) is 4. The number of carboxylic acids is 1. The first-order valence-corrected chi connectivity index (χ1v) is 4.99. The molecule has 4 N–H and O–H groups in total. The molecule has 1 aromatic rings. The van der Waals surface area contributed by atoms with E-state index in [-0.39, 0.29) is 24.3 Å². The van der Waals surface area contributed by atoms with Crippen LogP contribution in [0.15, 0.2) is 24.3 Å². The van der Waals surface area contributed by atoms with E-state index in [1.54, 1.807) is 12.1 Å². The van der Waals surface area contributed by atoms with Gasteiger partial charge in [0.2, 0.25) is 0 Å². The second-order valence-electron chi connectivity index (χ2n) is 3.42. The first kappa shape index (κ1) is 13.0. The van der Waals surface area contributed by atoms with Gasteiger partial charge in [-0.1, -0.05) is 12.1 Å². The van der Waals surface area contributed by atoms with Crippen LogP contribution in [0.1, 0.15) is 16.8 Å². The quantitative estimate of drug-likeness (QED) is 0.576. The monoisotopic (exact) mass is 239 g/mol. The zero-order valence-corrected chi connectivity index (χ0v) is 8.96. The van der Waals surface area contributed by atoms with Crippen molar-refractivity contribution in [1.29, 1.82) is 0 Å². The number of benzene rings is 1. The first-order chi connectivity index (χ1) is 8.02. The summed E-state index contributed by atoms with van der Waals surface area (Å²) in [5, 5.41) is 29.1. The highest BCUT2D eigenvalue weighted by atomic mass is 16.4. The van der Waals surface area contributed by atoms with E-state index in [0.717, 1.165) is 0 Å². The molecule has 17 heavy (non-hydrogen) atoms. The molecule has 0 saturated carbocycles. The number of para-hydroxylation sites is 1. The Morgan fingerprint density at radius 1 is 1.29 bits per heavy atom. The van der Waals surface area contributed by atoms with Crippen LogP contribution in [0, 0.1) is 0 Å². The molecular weight excluding hydrogens is 226 g/mol. The van der Waals surface area contributed by atoms with Crippen LogP contribution in [0.5, 0.6) is 5.75 Å². The van der Waals surface area contributed by atoms with Crippen molar-refractivity contribution in [2.24, 2.45) is 0 Å². The van der Waals surface area contributed by atoms with Gasteiger partial charge in [-0.25, -0.2) is 4.79 Å². The number of aliphatic hydroxyl groups excluding tert-OH is 1. The van der Waals surface area contributed by atoms with Gasteiger partial charge >= 0.3 is 5.97 Å². The molecule has 0 unspecified atom stereocenters. The lowest BCUT2D eigenvalue weighted by Gasteiger charge is -2.08. The van der Waals surface area contributed by atoms with Crippen molar-refractivity contribution < 1.29 is 24.9 Å². The third-order valence-corrected chi connectivity index (χ3v) is 2.14. The number of phenols is 1. The summed E-state index contributed by atoms with van der Waals surface area (Å²) in [4.78, 5) is 21.8. The Morgan fingerprint density at radius 2 is 1.94 bits per heavy atom. The van der Waals surface area contributed by atoms with E-state index in [2.05, 4.69) is 5.32 Å². The summed E-state index contributed by atoms with van der Waals surface area (Å²) in [6.07, 6.45) is -1.59. The SMILES string of the molecule is O=C(NCC[C@H](O)C(=O)O)c1ccccc1O. The van der Waals surface area contributed by atoms with Gasteiger partial charge in [0.25, 0.3) is 5.91 Å². The molecule has 0 fully saturated rings. The molecule has 0 spiro atoms. The normalized spacial score (nSPS) is 11.8. The number of hydrogen-bond acceptors (Lipinski definition) is 4. The summed E-state index contributed by atoms with van der Waals surface area (Å²) in [5.41, 5.74) is 0.109. The molecule has 1 amide bonds. The Bertz CT molecular complexity index is 418. The van der Waals surface area contributed by atoms with Crippen LogP contribution in [0.2, 0.25) is 0 Å². The number of aliphatic hydroxyl groups is 1. The second-order valence-corrected chi connectivity index (χ2v) is 3.42. The number of phenolic OH excluding ortho intramolecular Hbond substituents is 1. The van der Waals surface area contributed by atoms with Gasteiger partial charge in [0.1, 0.15) is 5.75 Å². The van der Waals surface area contributed by atoms with Crippen molar-refractivity contribution in [3.63, 3.8) is 0 Å². The summed E-state index contributed by atoms with van der Waals surface area (Å²) in [7, 11) is 0. The van der Waals surface area contributed by atoms with Crippen LogP contribution in [0.25, 0.3) is 0 Å². The molecular formula is C11H13NO5. The molecule has 0 aliphatic rings. The van der Waals surface area contributed by atoms with Crippen molar-refractivity contribution in [1.82, 2.24) is 5.32 Å². The largest absolute Gasteiger partial charge is 0.507 e. The number of aromatic hydroxyl groups is 1. The number of carbonyl (C=O) groups is 2. The second kappa shape index (κ2) is 5.86. The molecule has 1 rings (SSSR count). The van der Waals surface area contributed by atoms with E-state index in [1.165, 1.54) is 12.1 Å². The summed E-state index contributed by atoms with van der Waals surface area (Å²) in [6, 6.07) is 6.00. The summed E-state index contributed by atoms with van der Waals surface area (Å²) >= 11 is 0. The van der Waals surface area contributed by atoms with Gasteiger partial charge in [0.15, 0.2) is 6.10 Å². The fourth-order valence-corrected chi connectivity index (χ4v) is 1.21. The van der Waals surface area contributed by atoms with E-state index in [9.17, 15) is 14.7 Å². The number of carbonyl (C=O) groups excluding carboxylic acids is 1. The Kier molecular flexibility index (Phi) is 4.47. The fourth-order valence-electron chi connectivity index (χ4n) is 1.21. The van der Waals surface area contributed by atoms with E-state index in [4.69, 9.17) is 10.2 Å². The lowest BCUT2D eigenvalue weighted by molar-refractivity contribution is -0.146. The van der Waals surface area contributed by atoms with E-state index in [0.29, 0.717) is 0 Å². The van der Waals surface area contributed by atoms with E-state index >= 15 is 0 Å². The Morgan fingerprint density at radius 3 is 2.53 bits per heavy atom. The van der Waals surface area contributed by atoms with Crippen molar-refractivity contribution in [3.8, 4) is 5.75 Å². The maximum Gasteiger partial charge on any atom is 0.332 e. The molecule has 1 aromatic carbocycles. The highest BCUT2D eigenvalue weighted by Crippen LogP contribution is 2.14. The number of aliphatic carboxylic acids is 1. The third kappa shape index (κ3) is 3.76. The van der Waals surface area contributed by atoms with Gasteiger partial charge < -0.3 is 20.6 Å². The lowest BCUT2D eigenvalue weighted by atomic mass is 10.2. The van der Waals surface area contributed by atoms with Gasteiger partial charge in [0, 0.05) is 13.0 Å². The van der Waals surface area contributed by atoms with Gasteiger partial charge in [-0.3, -0.25) is 4.79 Å². The third-order valence-electron chi connectivity index (χ3n) is 2.14. The van der Waals surface area contributed by atoms with Gasteiger partial charge in [-0.15, -0.1) is 0 Å². The van der Waals surface area contributed by atoms with E-state index in [1.807, 2.05) is 0 Å². The van der Waals surface area contributed by atoms with Crippen LogP contribution in [-0.4, -0.2) is 39.8 Å². The van der Waals surface area contributed by atoms with Crippen LogP contribution in [-0.2, 0) is 4.79 Å². The maximum atomic E-state index is 11.5. The highest BCUT2D eigenvalue weighted by molar-refractivity contribution is 5.96. The molecule has 6 heteroatoms. The molecule has 0 heterocycles. The maximum absolute atomic E-state index is 11.5. The molecule has 6 nitrogen and oxygen atoms in total.